The minimum Gasteiger partial charge on any atom is -0.341 e. The van der Waals surface area contributed by atoms with Gasteiger partial charge in [0.25, 0.3) is 0 Å². The topological polar surface area (TPSA) is 71.8 Å². The summed E-state index contributed by atoms with van der Waals surface area (Å²) in [6.45, 7) is 1.82. The molecular weight excluding hydrogens is 170 g/mol. The summed E-state index contributed by atoms with van der Waals surface area (Å²) in [5.41, 5.74) is 0. The Morgan fingerprint density at radius 2 is 2.38 bits per heavy atom. The summed E-state index contributed by atoms with van der Waals surface area (Å²) in [7, 11) is 3.34. The molecule has 13 heavy (non-hydrogen) atoms. The molecule has 0 fully saturated rings. The lowest BCUT2D eigenvalue weighted by molar-refractivity contribution is 0.239. The zero-order valence-electron chi connectivity index (χ0n) is 7.90. The highest BCUT2D eigenvalue weighted by molar-refractivity contribution is 5.73. The third kappa shape index (κ3) is 2.43. The van der Waals surface area contributed by atoms with Gasteiger partial charge in [0.1, 0.15) is 6.33 Å². The number of carbonyl (C=O) groups is 1. The quantitative estimate of drug-likeness (QED) is 0.667. The van der Waals surface area contributed by atoms with Crippen LogP contribution in [-0.4, -0.2) is 27.8 Å². The summed E-state index contributed by atoms with van der Waals surface area (Å²) < 4.78 is 1.59. The molecule has 6 nitrogen and oxygen atoms in total. The molecule has 0 spiro atoms. The van der Waals surface area contributed by atoms with Gasteiger partial charge in [-0.2, -0.15) is 5.10 Å². The molecular formula is C7H13N5O. The van der Waals surface area contributed by atoms with Gasteiger partial charge in [-0.25, -0.2) is 9.78 Å². The van der Waals surface area contributed by atoms with Crippen molar-refractivity contribution in [2.75, 3.05) is 7.05 Å². The summed E-state index contributed by atoms with van der Waals surface area (Å²) in [4.78, 5) is 14.9. The lowest BCUT2D eigenvalue weighted by Gasteiger charge is -2.08. The van der Waals surface area contributed by atoms with Gasteiger partial charge in [-0.15, -0.1) is 0 Å². The van der Waals surface area contributed by atoms with Crippen molar-refractivity contribution in [2.45, 2.75) is 13.0 Å². The van der Waals surface area contributed by atoms with Crippen LogP contribution in [0.4, 0.5) is 4.79 Å². The number of hydrogen-bond donors (Lipinski definition) is 2. The maximum Gasteiger partial charge on any atom is 0.315 e. The molecule has 0 aliphatic rings. The normalized spacial score (nSPS) is 12.2. The van der Waals surface area contributed by atoms with Gasteiger partial charge in [-0.05, 0) is 6.92 Å². The van der Waals surface area contributed by atoms with E-state index in [1.165, 1.54) is 0 Å². The predicted molar refractivity (Wildman–Crippen MR) is 47.0 cm³/mol. The van der Waals surface area contributed by atoms with Crippen LogP contribution in [-0.2, 0) is 7.05 Å². The lowest BCUT2D eigenvalue weighted by Crippen LogP contribution is -2.35. The molecule has 0 bridgehead atoms. The Hall–Kier alpha value is -1.59. The number of aromatic nitrogens is 3. The van der Waals surface area contributed by atoms with Crippen LogP contribution in [0.25, 0.3) is 0 Å². The molecule has 0 saturated carbocycles. The van der Waals surface area contributed by atoms with Crippen LogP contribution < -0.4 is 10.6 Å². The second-order valence-corrected chi connectivity index (χ2v) is 2.72. The first kappa shape index (κ1) is 9.50. The highest BCUT2D eigenvalue weighted by Crippen LogP contribution is 2.03. The van der Waals surface area contributed by atoms with Crippen LogP contribution in [0, 0.1) is 0 Å². The van der Waals surface area contributed by atoms with Gasteiger partial charge in [0, 0.05) is 14.1 Å². The molecule has 1 aromatic rings. The first-order chi connectivity index (χ1) is 6.13. The molecule has 72 valence electrons. The zero-order valence-corrected chi connectivity index (χ0v) is 7.90. The zero-order chi connectivity index (χ0) is 9.84. The van der Waals surface area contributed by atoms with E-state index < -0.39 is 0 Å². The Morgan fingerprint density at radius 1 is 1.69 bits per heavy atom. The maximum absolute atomic E-state index is 10.9. The average molecular weight is 183 g/mol. The fourth-order valence-electron chi connectivity index (χ4n) is 0.888. The van der Waals surface area contributed by atoms with Crippen molar-refractivity contribution in [1.82, 2.24) is 25.4 Å². The van der Waals surface area contributed by atoms with Gasteiger partial charge in [-0.1, -0.05) is 0 Å². The number of nitrogens with zero attached hydrogens (tertiary/aromatic N) is 3. The minimum absolute atomic E-state index is 0.179. The smallest absolute Gasteiger partial charge is 0.315 e. The van der Waals surface area contributed by atoms with Crippen molar-refractivity contribution >= 4 is 6.03 Å². The Bertz CT molecular complexity index is 295. The largest absolute Gasteiger partial charge is 0.341 e. The van der Waals surface area contributed by atoms with E-state index in [1.807, 2.05) is 6.92 Å². The van der Waals surface area contributed by atoms with Crippen LogP contribution in [0.2, 0.25) is 0 Å². The van der Waals surface area contributed by atoms with Crippen LogP contribution in [0.15, 0.2) is 6.33 Å². The summed E-state index contributed by atoms with van der Waals surface area (Å²) in [5.74, 6) is 0.603. The molecule has 6 heteroatoms. The van der Waals surface area contributed by atoms with Gasteiger partial charge >= 0.3 is 6.03 Å². The van der Waals surface area contributed by atoms with Crippen molar-refractivity contribution < 1.29 is 4.79 Å². The summed E-state index contributed by atoms with van der Waals surface area (Å²) in [5, 5.41) is 9.19. The second-order valence-electron chi connectivity index (χ2n) is 2.72. The predicted octanol–water partition coefficient (Wildman–Crippen LogP) is -0.195. The molecule has 2 amide bonds. The SMILES string of the molecule is CNC(=O)NC(C)c1ncn(C)n1. The first-order valence-corrected chi connectivity index (χ1v) is 3.97. The summed E-state index contributed by atoms with van der Waals surface area (Å²) >= 11 is 0. The van der Waals surface area contributed by atoms with Crippen molar-refractivity contribution in [2.24, 2.45) is 7.05 Å². The number of hydrogen-bond acceptors (Lipinski definition) is 3. The Labute approximate surface area is 76.3 Å². The van der Waals surface area contributed by atoms with E-state index in [0.717, 1.165) is 0 Å². The van der Waals surface area contributed by atoms with Gasteiger partial charge in [0.05, 0.1) is 6.04 Å². The molecule has 0 aliphatic carbocycles. The summed E-state index contributed by atoms with van der Waals surface area (Å²) in [6.07, 6.45) is 1.59. The number of rotatable bonds is 2. The maximum atomic E-state index is 10.9. The molecule has 0 radical (unpaired) electrons. The van der Waals surface area contributed by atoms with Crippen LogP contribution >= 0.6 is 0 Å². The van der Waals surface area contributed by atoms with E-state index in [1.54, 1.807) is 25.1 Å². The molecule has 0 aromatic carbocycles. The number of carbonyl (C=O) groups excluding carboxylic acids is 1. The van der Waals surface area contributed by atoms with Crippen LogP contribution in [0.5, 0.6) is 0 Å². The number of nitrogens with one attached hydrogen (secondary N) is 2. The molecule has 1 rings (SSSR count). The Balaban J connectivity index is 2.58. The van der Waals surface area contributed by atoms with Crippen molar-refractivity contribution in [3.05, 3.63) is 12.2 Å². The first-order valence-electron chi connectivity index (χ1n) is 3.97. The van der Waals surface area contributed by atoms with Crippen molar-refractivity contribution in [3.63, 3.8) is 0 Å². The number of urea groups is 1. The van der Waals surface area contributed by atoms with E-state index in [4.69, 9.17) is 0 Å². The van der Waals surface area contributed by atoms with E-state index >= 15 is 0 Å². The van der Waals surface area contributed by atoms with Crippen molar-refractivity contribution in [1.29, 1.82) is 0 Å². The van der Waals surface area contributed by atoms with Gasteiger partial charge in [-0.3, -0.25) is 4.68 Å². The Morgan fingerprint density at radius 3 is 2.85 bits per heavy atom. The molecule has 0 aliphatic heterocycles. The molecule has 0 saturated heterocycles. The third-order valence-electron chi connectivity index (χ3n) is 1.58. The highest BCUT2D eigenvalue weighted by atomic mass is 16.2. The number of amides is 2. The van der Waals surface area contributed by atoms with E-state index in [9.17, 15) is 4.79 Å². The fourth-order valence-corrected chi connectivity index (χ4v) is 0.888. The van der Waals surface area contributed by atoms with E-state index in [2.05, 4.69) is 20.7 Å². The highest BCUT2D eigenvalue weighted by Gasteiger charge is 2.11. The van der Waals surface area contributed by atoms with Gasteiger partial charge in [0.15, 0.2) is 5.82 Å². The third-order valence-corrected chi connectivity index (χ3v) is 1.58. The van der Waals surface area contributed by atoms with E-state index in [-0.39, 0.29) is 12.1 Å². The Kier molecular flexibility index (Phi) is 2.84. The summed E-state index contributed by atoms with van der Waals surface area (Å²) in [6, 6.07) is -0.416. The lowest BCUT2D eigenvalue weighted by atomic mass is 10.3. The van der Waals surface area contributed by atoms with E-state index in [0.29, 0.717) is 5.82 Å². The van der Waals surface area contributed by atoms with Crippen LogP contribution in [0.1, 0.15) is 18.8 Å². The molecule has 1 atom stereocenters. The fraction of sp³-hybridized carbons (Fsp3) is 0.571. The average Bonchev–Trinajstić information content (AvgIpc) is 2.51. The van der Waals surface area contributed by atoms with Gasteiger partial charge < -0.3 is 10.6 Å². The van der Waals surface area contributed by atoms with Gasteiger partial charge in [0.2, 0.25) is 0 Å². The molecule has 1 heterocycles. The molecule has 1 unspecified atom stereocenters. The van der Waals surface area contributed by atoms with Crippen LogP contribution in [0.3, 0.4) is 0 Å². The molecule has 1 aromatic heterocycles. The monoisotopic (exact) mass is 183 g/mol. The molecule has 2 N–H and O–H groups in total. The second kappa shape index (κ2) is 3.88. The van der Waals surface area contributed by atoms with Crippen molar-refractivity contribution in [3.8, 4) is 0 Å². The standard InChI is InChI=1S/C7H13N5O/c1-5(10-7(13)8-2)6-9-4-12(3)11-6/h4-5H,1-3H3,(H2,8,10,13). The minimum atomic E-state index is -0.236. The number of aryl methyl sites for hydroxylation is 1.